The van der Waals surface area contributed by atoms with Gasteiger partial charge in [0.25, 0.3) is 5.56 Å². The Kier molecular flexibility index (Phi) is 5.92. The van der Waals surface area contributed by atoms with E-state index in [0.717, 1.165) is 4.57 Å². The zero-order valence-corrected chi connectivity index (χ0v) is 17.8. The lowest BCUT2D eigenvalue weighted by atomic mass is 10.2. The van der Waals surface area contributed by atoms with Gasteiger partial charge in [0, 0.05) is 27.1 Å². The fourth-order valence-corrected chi connectivity index (χ4v) is 4.24. The van der Waals surface area contributed by atoms with Crippen molar-refractivity contribution in [3.05, 3.63) is 51.4 Å². The molecule has 30 heavy (non-hydrogen) atoms. The SMILES string of the molecule is CCS(=O)(=O)c1ccccc1NC(=O)CCCn1cnc2c1c(=O)n(C)c(=O)n2C. The minimum absolute atomic E-state index is 0.0644. The summed E-state index contributed by atoms with van der Waals surface area (Å²) in [5, 5.41) is 2.65. The number of hydrogen-bond donors (Lipinski definition) is 1. The van der Waals surface area contributed by atoms with Gasteiger partial charge >= 0.3 is 5.69 Å². The summed E-state index contributed by atoms with van der Waals surface area (Å²) in [7, 11) is -0.525. The van der Waals surface area contributed by atoms with Crippen LogP contribution in [0.2, 0.25) is 0 Å². The second-order valence-electron chi connectivity index (χ2n) is 6.87. The number of aryl methyl sites for hydroxylation is 2. The maximum atomic E-state index is 12.4. The number of hydrogen-bond acceptors (Lipinski definition) is 6. The lowest BCUT2D eigenvalue weighted by molar-refractivity contribution is -0.116. The first-order valence-corrected chi connectivity index (χ1v) is 11.0. The summed E-state index contributed by atoms with van der Waals surface area (Å²) >= 11 is 0. The molecule has 1 amide bonds. The first-order chi connectivity index (χ1) is 14.2. The van der Waals surface area contributed by atoms with Crippen LogP contribution in [0.25, 0.3) is 11.2 Å². The number of nitrogens with one attached hydrogen (secondary N) is 1. The summed E-state index contributed by atoms with van der Waals surface area (Å²) in [5.41, 5.74) is -0.0847. The van der Waals surface area contributed by atoms with Crippen LogP contribution in [-0.4, -0.2) is 38.8 Å². The van der Waals surface area contributed by atoms with Crippen LogP contribution in [0.15, 0.2) is 45.1 Å². The molecule has 0 aliphatic rings. The highest BCUT2D eigenvalue weighted by Crippen LogP contribution is 2.22. The number of fused-ring (bicyclic) bond motifs is 1. The Balaban J connectivity index is 1.73. The number of aromatic nitrogens is 4. The fourth-order valence-electron chi connectivity index (χ4n) is 3.19. The third-order valence-electron chi connectivity index (χ3n) is 4.90. The number of nitrogens with zero attached hydrogens (tertiary/aromatic N) is 4. The lowest BCUT2D eigenvalue weighted by Crippen LogP contribution is -2.37. The Hall–Kier alpha value is -3.21. The van der Waals surface area contributed by atoms with Gasteiger partial charge in [-0.05, 0) is 18.6 Å². The highest BCUT2D eigenvalue weighted by Gasteiger charge is 2.18. The van der Waals surface area contributed by atoms with Crippen molar-refractivity contribution >= 4 is 32.6 Å². The van der Waals surface area contributed by atoms with Crippen molar-refractivity contribution in [2.24, 2.45) is 14.1 Å². The van der Waals surface area contributed by atoms with Crippen molar-refractivity contribution in [2.45, 2.75) is 31.2 Å². The first kappa shape index (κ1) is 21.5. The van der Waals surface area contributed by atoms with Gasteiger partial charge in [-0.2, -0.15) is 0 Å². The molecule has 160 valence electrons. The summed E-state index contributed by atoms with van der Waals surface area (Å²) in [6, 6.07) is 6.28. The molecule has 0 fully saturated rings. The molecule has 1 N–H and O–H groups in total. The van der Waals surface area contributed by atoms with E-state index in [4.69, 9.17) is 0 Å². The molecule has 0 bridgehead atoms. The van der Waals surface area contributed by atoms with Crippen LogP contribution in [0.5, 0.6) is 0 Å². The van der Waals surface area contributed by atoms with Crippen LogP contribution < -0.4 is 16.6 Å². The van der Waals surface area contributed by atoms with Gasteiger partial charge in [0.1, 0.15) is 0 Å². The number of rotatable bonds is 7. The summed E-state index contributed by atoms with van der Waals surface area (Å²) in [6.45, 7) is 1.88. The van der Waals surface area contributed by atoms with Crippen molar-refractivity contribution in [3.8, 4) is 0 Å². The Labute approximate surface area is 172 Å². The maximum Gasteiger partial charge on any atom is 0.332 e. The molecule has 0 unspecified atom stereocenters. The van der Waals surface area contributed by atoms with Crippen molar-refractivity contribution in [1.82, 2.24) is 18.7 Å². The molecule has 0 saturated heterocycles. The Morgan fingerprint density at radius 3 is 2.53 bits per heavy atom. The lowest BCUT2D eigenvalue weighted by Gasteiger charge is -2.11. The van der Waals surface area contributed by atoms with Crippen molar-refractivity contribution in [1.29, 1.82) is 0 Å². The van der Waals surface area contributed by atoms with E-state index in [1.807, 2.05) is 0 Å². The fraction of sp³-hybridized carbons (Fsp3) is 0.368. The molecular formula is C19H23N5O5S. The molecule has 2 heterocycles. The molecule has 0 radical (unpaired) electrons. The molecule has 2 aromatic heterocycles. The number of carbonyl (C=O) groups is 1. The molecule has 11 heteroatoms. The first-order valence-electron chi connectivity index (χ1n) is 9.40. The van der Waals surface area contributed by atoms with E-state index in [-0.39, 0.29) is 34.3 Å². The van der Waals surface area contributed by atoms with E-state index in [1.165, 1.54) is 31.1 Å². The number of sulfone groups is 1. The van der Waals surface area contributed by atoms with Gasteiger partial charge in [0.05, 0.1) is 22.7 Å². The van der Waals surface area contributed by atoms with Crippen LogP contribution in [0.1, 0.15) is 19.8 Å². The highest BCUT2D eigenvalue weighted by molar-refractivity contribution is 7.91. The number of carbonyl (C=O) groups excluding carboxylic acids is 1. The third-order valence-corrected chi connectivity index (χ3v) is 6.68. The number of anilines is 1. The normalized spacial score (nSPS) is 11.7. The van der Waals surface area contributed by atoms with Crippen molar-refractivity contribution < 1.29 is 13.2 Å². The predicted octanol–water partition coefficient (Wildman–Crippen LogP) is 0.646. The Morgan fingerprint density at radius 1 is 1.13 bits per heavy atom. The monoisotopic (exact) mass is 433 g/mol. The zero-order chi connectivity index (χ0) is 22.1. The maximum absolute atomic E-state index is 12.4. The van der Waals surface area contributed by atoms with Crippen LogP contribution in [0.3, 0.4) is 0 Å². The summed E-state index contributed by atoms with van der Waals surface area (Å²) < 4.78 is 28.3. The molecule has 0 saturated carbocycles. The van der Waals surface area contributed by atoms with E-state index >= 15 is 0 Å². The van der Waals surface area contributed by atoms with Gasteiger partial charge in [-0.15, -0.1) is 0 Å². The quantitative estimate of drug-likeness (QED) is 0.583. The van der Waals surface area contributed by atoms with Crippen LogP contribution >= 0.6 is 0 Å². The predicted molar refractivity (Wildman–Crippen MR) is 112 cm³/mol. The number of benzene rings is 1. The smallest absolute Gasteiger partial charge is 0.325 e. The third kappa shape index (κ3) is 3.92. The minimum atomic E-state index is -3.46. The van der Waals surface area contributed by atoms with Crippen LogP contribution in [0, 0.1) is 0 Å². The Morgan fingerprint density at radius 2 is 1.83 bits per heavy atom. The molecule has 10 nitrogen and oxygen atoms in total. The second kappa shape index (κ2) is 8.27. The van der Waals surface area contributed by atoms with Gasteiger partial charge < -0.3 is 9.88 Å². The van der Waals surface area contributed by atoms with Gasteiger partial charge in [0.15, 0.2) is 21.0 Å². The molecule has 0 aliphatic heterocycles. The Bertz CT molecular complexity index is 1330. The van der Waals surface area contributed by atoms with E-state index < -0.39 is 21.1 Å². The second-order valence-corrected chi connectivity index (χ2v) is 9.11. The average Bonchev–Trinajstić information content (AvgIpc) is 3.15. The van der Waals surface area contributed by atoms with Crippen LogP contribution in [-0.2, 0) is 35.3 Å². The van der Waals surface area contributed by atoms with Crippen molar-refractivity contribution in [2.75, 3.05) is 11.1 Å². The zero-order valence-electron chi connectivity index (χ0n) is 17.0. The summed E-state index contributed by atoms with van der Waals surface area (Å²) in [4.78, 5) is 41.0. The number of imidazole rings is 1. The molecule has 0 spiro atoms. The highest BCUT2D eigenvalue weighted by atomic mass is 32.2. The molecule has 1 aromatic carbocycles. The van der Waals surface area contributed by atoms with E-state index in [0.29, 0.717) is 18.5 Å². The van der Waals surface area contributed by atoms with Gasteiger partial charge in [0.2, 0.25) is 5.91 Å². The topological polar surface area (TPSA) is 125 Å². The largest absolute Gasteiger partial charge is 0.332 e. The molecule has 0 atom stereocenters. The average molecular weight is 433 g/mol. The van der Waals surface area contributed by atoms with E-state index in [1.54, 1.807) is 29.7 Å². The van der Waals surface area contributed by atoms with Gasteiger partial charge in [-0.1, -0.05) is 19.1 Å². The number of para-hydroxylation sites is 1. The van der Waals surface area contributed by atoms with Gasteiger partial charge in [-0.3, -0.25) is 18.7 Å². The molecule has 3 rings (SSSR count). The van der Waals surface area contributed by atoms with Crippen LogP contribution in [0.4, 0.5) is 5.69 Å². The standard InChI is InChI=1S/C19H23N5O5S/c1-4-30(28,29)14-9-6-5-8-13(14)21-15(25)10-7-11-24-12-20-17-16(24)18(26)23(3)19(27)22(17)2/h5-6,8-9,12H,4,7,10-11H2,1-3H3,(H,21,25). The summed E-state index contributed by atoms with van der Waals surface area (Å²) in [5.74, 6) is -0.399. The molecular weight excluding hydrogens is 410 g/mol. The van der Waals surface area contributed by atoms with Crippen molar-refractivity contribution in [3.63, 3.8) is 0 Å². The van der Waals surface area contributed by atoms with E-state index in [2.05, 4.69) is 10.3 Å². The van der Waals surface area contributed by atoms with Gasteiger partial charge in [-0.25, -0.2) is 18.2 Å². The molecule has 3 aromatic rings. The minimum Gasteiger partial charge on any atom is -0.325 e. The molecule has 0 aliphatic carbocycles. The summed E-state index contributed by atoms with van der Waals surface area (Å²) in [6.07, 6.45) is 1.98. The number of amides is 1. The van der Waals surface area contributed by atoms with E-state index in [9.17, 15) is 22.8 Å².